The zero-order valence-corrected chi connectivity index (χ0v) is 10.2. The first-order valence-corrected chi connectivity index (χ1v) is 6.17. The van der Waals surface area contributed by atoms with Crippen LogP contribution in [-0.4, -0.2) is 35.6 Å². The van der Waals surface area contributed by atoms with E-state index in [0.717, 1.165) is 18.8 Å². The van der Waals surface area contributed by atoms with Crippen LogP contribution in [0.5, 0.6) is 0 Å². The van der Waals surface area contributed by atoms with E-state index in [1.807, 2.05) is 0 Å². The molecule has 2 rings (SSSR count). The fourth-order valence-electron chi connectivity index (χ4n) is 2.40. The molecule has 4 heteroatoms. The number of aromatic nitrogens is 1. The first-order chi connectivity index (χ1) is 8.35. The normalized spacial score (nSPS) is 20.1. The van der Waals surface area contributed by atoms with Gasteiger partial charge in [-0.25, -0.2) is 0 Å². The second-order valence-electron chi connectivity index (χ2n) is 4.34. The Balaban J connectivity index is 1.96. The summed E-state index contributed by atoms with van der Waals surface area (Å²) in [7, 11) is 0. The summed E-state index contributed by atoms with van der Waals surface area (Å²) < 4.78 is 0. The van der Waals surface area contributed by atoms with E-state index in [4.69, 9.17) is 5.26 Å². The van der Waals surface area contributed by atoms with Crippen molar-refractivity contribution in [2.45, 2.75) is 25.8 Å². The number of nitrogens with zero attached hydrogens (tertiary/aromatic N) is 3. The average Bonchev–Trinajstić information content (AvgIpc) is 2.84. The highest BCUT2D eigenvalue weighted by Crippen LogP contribution is 2.18. The Bertz CT molecular complexity index is 410. The SMILES string of the molecule is CCN1CCCC1CNc1cnccc1C#N. The standard InChI is InChI=1S/C13H18N4/c1-2-17-7-3-4-12(17)9-16-13-10-15-6-5-11(13)8-14/h5-6,10,12,16H,2-4,7,9H2,1H3. The number of hydrogen-bond donors (Lipinski definition) is 1. The Hall–Kier alpha value is -1.60. The zero-order chi connectivity index (χ0) is 12.1. The van der Waals surface area contributed by atoms with Crippen molar-refractivity contribution >= 4 is 5.69 Å². The van der Waals surface area contributed by atoms with Crippen molar-refractivity contribution in [1.82, 2.24) is 9.88 Å². The minimum Gasteiger partial charge on any atom is -0.381 e. The van der Waals surface area contributed by atoms with Gasteiger partial charge in [-0.1, -0.05) is 6.92 Å². The number of nitrogens with one attached hydrogen (secondary N) is 1. The van der Waals surface area contributed by atoms with Crippen LogP contribution in [0.25, 0.3) is 0 Å². The molecule has 1 aromatic heterocycles. The molecule has 0 radical (unpaired) electrons. The van der Waals surface area contributed by atoms with Crippen LogP contribution in [-0.2, 0) is 0 Å². The minimum atomic E-state index is 0.590. The van der Waals surface area contributed by atoms with Crippen molar-refractivity contribution in [2.75, 3.05) is 25.0 Å². The third-order valence-electron chi connectivity index (χ3n) is 3.37. The van der Waals surface area contributed by atoms with Gasteiger partial charge in [0.1, 0.15) is 6.07 Å². The number of rotatable bonds is 4. The van der Waals surface area contributed by atoms with E-state index in [0.29, 0.717) is 11.6 Å². The molecule has 1 aliphatic heterocycles. The lowest BCUT2D eigenvalue weighted by Gasteiger charge is -2.23. The molecule has 1 fully saturated rings. The number of likely N-dealkylation sites (tertiary alicyclic amines) is 1. The van der Waals surface area contributed by atoms with Gasteiger partial charge in [0.15, 0.2) is 0 Å². The van der Waals surface area contributed by atoms with Crippen LogP contribution in [0, 0.1) is 11.3 Å². The Morgan fingerprint density at radius 1 is 1.65 bits per heavy atom. The van der Waals surface area contributed by atoms with Crippen LogP contribution in [0.3, 0.4) is 0 Å². The predicted molar refractivity (Wildman–Crippen MR) is 67.7 cm³/mol. The fraction of sp³-hybridized carbons (Fsp3) is 0.538. The zero-order valence-electron chi connectivity index (χ0n) is 10.2. The van der Waals surface area contributed by atoms with Crippen LogP contribution in [0.4, 0.5) is 5.69 Å². The Morgan fingerprint density at radius 2 is 2.53 bits per heavy atom. The maximum Gasteiger partial charge on any atom is 0.101 e. The highest BCUT2D eigenvalue weighted by Gasteiger charge is 2.22. The van der Waals surface area contributed by atoms with Crippen LogP contribution in [0.15, 0.2) is 18.5 Å². The van der Waals surface area contributed by atoms with E-state index in [9.17, 15) is 0 Å². The van der Waals surface area contributed by atoms with E-state index in [-0.39, 0.29) is 0 Å². The smallest absolute Gasteiger partial charge is 0.101 e. The van der Waals surface area contributed by atoms with Crippen molar-refractivity contribution in [3.05, 3.63) is 24.0 Å². The average molecular weight is 230 g/mol. The molecular formula is C13H18N4. The van der Waals surface area contributed by atoms with Crippen molar-refractivity contribution in [2.24, 2.45) is 0 Å². The van der Waals surface area contributed by atoms with Crippen molar-refractivity contribution in [1.29, 1.82) is 5.26 Å². The van der Waals surface area contributed by atoms with E-state index in [2.05, 4.69) is 28.2 Å². The van der Waals surface area contributed by atoms with Gasteiger partial charge in [0.2, 0.25) is 0 Å². The van der Waals surface area contributed by atoms with Gasteiger partial charge in [-0.3, -0.25) is 9.88 Å². The summed E-state index contributed by atoms with van der Waals surface area (Å²) >= 11 is 0. The number of likely N-dealkylation sites (N-methyl/N-ethyl adjacent to an activating group) is 1. The highest BCUT2D eigenvalue weighted by molar-refractivity contribution is 5.55. The van der Waals surface area contributed by atoms with Crippen LogP contribution < -0.4 is 5.32 Å². The van der Waals surface area contributed by atoms with E-state index in [1.54, 1.807) is 18.5 Å². The molecule has 4 nitrogen and oxygen atoms in total. The lowest BCUT2D eigenvalue weighted by molar-refractivity contribution is 0.277. The van der Waals surface area contributed by atoms with Gasteiger partial charge < -0.3 is 5.32 Å². The fourth-order valence-corrected chi connectivity index (χ4v) is 2.40. The van der Waals surface area contributed by atoms with Crippen LogP contribution >= 0.6 is 0 Å². The van der Waals surface area contributed by atoms with Crippen LogP contribution in [0.2, 0.25) is 0 Å². The molecule has 1 unspecified atom stereocenters. The molecule has 0 saturated carbocycles. The highest BCUT2D eigenvalue weighted by atomic mass is 15.2. The third kappa shape index (κ3) is 2.75. The molecule has 90 valence electrons. The van der Waals surface area contributed by atoms with E-state index < -0.39 is 0 Å². The second-order valence-corrected chi connectivity index (χ2v) is 4.34. The van der Waals surface area contributed by atoms with Crippen molar-refractivity contribution in [3.63, 3.8) is 0 Å². The topological polar surface area (TPSA) is 52.0 Å². The van der Waals surface area contributed by atoms with Gasteiger partial charge in [-0.2, -0.15) is 5.26 Å². The Labute approximate surface area is 102 Å². The molecule has 1 atom stereocenters. The molecule has 0 bridgehead atoms. The van der Waals surface area contributed by atoms with Gasteiger partial charge in [0.05, 0.1) is 17.4 Å². The largest absolute Gasteiger partial charge is 0.381 e. The summed E-state index contributed by atoms with van der Waals surface area (Å²) in [5.74, 6) is 0. The molecule has 1 saturated heterocycles. The third-order valence-corrected chi connectivity index (χ3v) is 3.37. The molecule has 1 aromatic rings. The summed E-state index contributed by atoms with van der Waals surface area (Å²) in [6.45, 7) is 5.39. The lowest BCUT2D eigenvalue weighted by atomic mass is 10.2. The van der Waals surface area contributed by atoms with Crippen LogP contribution in [0.1, 0.15) is 25.3 Å². The molecule has 17 heavy (non-hydrogen) atoms. The minimum absolute atomic E-state index is 0.590. The summed E-state index contributed by atoms with van der Waals surface area (Å²) in [4.78, 5) is 6.53. The number of anilines is 1. The van der Waals surface area contributed by atoms with E-state index >= 15 is 0 Å². The molecule has 0 spiro atoms. The molecule has 0 aromatic carbocycles. The first kappa shape index (κ1) is 11.9. The van der Waals surface area contributed by atoms with Gasteiger partial charge in [0, 0.05) is 18.8 Å². The molecule has 0 amide bonds. The summed E-state index contributed by atoms with van der Waals surface area (Å²) in [5.41, 5.74) is 1.51. The Morgan fingerprint density at radius 3 is 3.29 bits per heavy atom. The second kappa shape index (κ2) is 5.65. The number of hydrogen-bond acceptors (Lipinski definition) is 4. The summed E-state index contributed by atoms with van der Waals surface area (Å²) in [5, 5.41) is 12.3. The van der Waals surface area contributed by atoms with E-state index in [1.165, 1.54) is 19.4 Å². The van der Waals surface area contributed by atoms with Gasteiger partial charge >= 0.3 is 0 Å². The summed E-state index contributed by atoms with van der Waals surface area (Å²) in [6.07, 6.45) is 5.89. The quantitative estimate of drug-likeness (QED) is 0.857. The molecule has 0 aliphatic carbocycles. The first-order valence-electron chi connectivity index (χ1n) is 6.17. The predicted octanol–water partition coefficient (Wildman–Crippen LogP) is 1.85. The molecular weight excluding hydrogens is 212 g/mol. The van der Waals surface area contributed by atoms with Crippen molar-refractivity contribution < 1.29 is 0 Å². The molecule has 1 N–H and O–H groups in total. The maximum atomic E-state index is 8.98. The Kier molecular flexibility index (Phi) is 3.94. The molecule has 2 heterocycles. The van der Waals surface area contributed by atoms with Gasteiger partial charge in [0.25, 0.3) is 0 Å². The van der Waals surface area contributed by atoms with Gasteiger partial charge in [-0.05, 0) is 32.0 Å². The maximum absolute atomic E-state index is 8.98. The summed E-state index contributed by atoms with van der Waals surface area (Å²) in [6, 6.07) is 4.51. The lowest BCUT2D eigenvalue weighted by Crippen LogP contribution is -2.34. The molecule has 1 aliphatic rings. The van der Waals surface area contributed by atoms with Gasteiger partial charge in [-0.15, -0.1) is 0 Å². The number of pyridine rings is 1. The monoisotopic (exact) mass is 230 g/mol. The van der Waals surface area contributed by atoms with Crippen molar-refractivity contribution in [3.8, 4) is 6.07 Å². The number of nitriles is 1.